The Bertz CT molecular complexity index is 1570. The second-order valence-corrected chi connectivity index (χ2v) is 10.8. The van der Waals surface area contributed by atoms with Crippen LogP contribution >= 0.6 is 0 Å². The molecule has 2 aromatic carbocycles. The van der Waals surface area contributed by atoms with E-state index in [9.17, 15) is 27.0 Å². The number of nitriles is 1. The van der Waals surface area contributed by atoms with Crippen molar-refractivity contribution in [2.45, 2.75) is 43.4 Å². The zero-order chi connectivity index (χ0) is 27.0. The minimum Gasteiger partial charge on any atom is -0.348 e. The highest BCUT2D eigenvalue weighted by Crippen LogP contribution is 2.38. The lowest BCUT2D eigenvalue weighted by Crippen LogP contribution is -2.31. The van der Waals surface area contributed by atoms with Gasteiger partial charge in [0.2, 0.25) is 5.43 Å². The molecule has 192 valence electrons. The van der Waals surface area contributed by atoms with Crippen molar-refractivity contribution in [1.29, 1.82) is 5.26 Å². The Morgan fingerprint density at radius 2 is 1.89 bits per heavy atom. The summed E-state index contributed by atoms with van der Waals surface area (Å²) in [6.45, 7) is 1.71. The molecule has 11 heteroatoms. The monoisotopic (exact) mass is 528 g/mol. The van der Waals surface area contributed by atoms with Crippen molar-refractivity contribution in [3.63, 3.8) is 0 Å². The van der Waals surface area contributed by atoms with Crippen LogP contribution < -0.4 is 15.5 Å². The molecule has 7 nitrogen and oxygen atoms in total. The fourth-order valence-corrected chi connectivity index (χ4v) is 4.89. The zero-order valence-electron chi connectivity index (χ0n) is 19.8. The lowest BCUT2D eigenvalue weighted by Gasteiger charge is -2.17. The first-order chi connectivity index (χ1) is 17.4. The van der Waals surface area contributed by atoms with Crippen LogP contribution in [-0.2, 0) is 22.4 Å². The number of rotatable bonds is 7. The number of carbonyl (C=O) groups is 1. The molecule has 0 saturated heterocycles. The highest BCUT2D eigenvalue weighted by Gasteiger charge is 2.32. The molecule has 1 amide bonds. The molecule has 1 unspecified atom stereocenters. The summed E-state index contributed by atoms with van der Waals surface area (Å²) < 4.78 is 56.2. The fraction of sp³-hybridized carbons (Fsp3) is 0.231. The van der Waals surface area contributed by atoms with Crippen molar-refractivity contribution >= 4 is 21.5 Å². The molecule has 1 aliphatic carbocycles. The van der Waals surface area contributed by atoms with Gasteiger partial charge in [-0.2, -0.15) is 18.4 Å². The van der Waals surface area contributed by atoms with Crippen molar-refractivity contribution in [1.82, 2.24) is 14.6 Å². The molecule has 2 N–H and O–H groups in total. The predicted octanol–water partition coefficient (Wildman–Crippen LogP) is 4.17. The molecule has 1 saturated carbocycles. The summed E-state index contributed by atoms with van der Waals surface area (Å²) in [5.41, 5.74) is -0.402. The highest BCUT2D eigenvalue weighted by atomic mass is 32.2. The van der Waals surface area contributed by atoms with Crippen LogP contribution in [0.4, 0.5) is 13.2 Å². The number of aromatic nitrogens is 1. The molecule has 37 heavy (non-hydrogen) atoms. The van der Waals surface area contributed by atoms with Crippen molar-refractivity contribution in [2.75, 3.05) is 0 Å². The summed E-state index contributed by atoms with van der Waals surface area (Å²) in [5.74, 6) is 2.83. The molecule has 1 fully saturated rings. The van der Waals surface area contributed by atoms with Gasteiger partial charge in [0, 0.05) is 30.0 Å². The number of carbonyl (C=O) groups excluding carboxylic acids is 1. The van der Waals surface area contributed by atoms with Gasteiger partial charge >= 0.3 is 6.18 Å². The molecule has 3 aromatic rings. The predicted molar refractivity (Wildman–Crippen MR) is 134 cm³/mol. The lowest BCUT2D eigenvalue weighted by molar-refractivity contribution is -0.137. The van der Waals surface area contributed by atoms with E-state index in [0.29, 0.717) is 16.2 Å². The maximum absolute atomic E-state index is 13.4. The van der Waals surface area contributed by atoms with Crippen LogP contribution in [0.15, 0.2) is 64.4 Å². The van der Waals surface area contributed by atoms with Crippen LogP contribution in [0.5, 0.6) is 0 Å². The van der Waals surface area contributed by atoms with Crippen LogP contribution in [0.3, 0.4) is 0 Å². The highest BCUT2D eigenvalue weighted by molar-refractivity contribution is 7.98. The molecule has 0 bridgehead atoms. The Morgan fingerprint density at radius 1 is 1.22 bits per heavy atom. The second-order valence-electron chi connectivity index (χ2n) is 8.77. The summed E-state index contributed by atoms with van der Waals surface area (Å²) in [6.07, 6.45) is 0.180. The van der Waals surface area contributed by atoms with E-state index in [1.165, 1.54) is 30.5 Å². The van der Waals surface area contributed by atoms with Crippen LogP contribution in [0.2, 0.25) is 0 Å². The third-order valence-electron chi connectivity index (χ3n) is 6.12. The fourth-order valence-electron chi connectivity index (χ4n) is 4.04. The largest absolute Gasteiger partial charge is 0.416 e. The number of amides is 1. The molecule has 1 heterocycles. The number of nitrogens with one attached hydrogen (secondary N) is 2. The van der Waals surface area contributed by atoms with Gasteiger partial charge < -0.3 is 9.88 Å². The molecular formula is C26H23F3N4O3S. The lowest BCUT2D eigenvalue weighted by atomic mass is 9.98. The number of hydrogen-bond donors (Lipinski definition) is 2. The van der Waals surface area contributed by atoms with E-state index in [0.717, 1.165) is 25.0 Å². The third kappa shape index (κ3) is 5.54. The van der Waals surface area contributed by atoms with Crippen LogP contribution in [-0.4, -0.2) is 20.6 Å². The topological polar surface area (TPSA) is 104 Å². The van der Waals surface area contributed by atoms with E-state index in [4.69, 9.17) is 5.26 Å². The van der Waals surface area contributed by atoms with Gasteiger partial charge in [-0.25, -0.2) is 8.93 Å². The minimum absolute atomic E-state index is 0.0404. The van der Waals surface area contributed by atoms with Crippen molar-refractivity contribution in [3.05, 3.63) is 87.3 Å². The van der Waals surface area contributed by atoms with E-state index >= 15 is 0 Å². The molecule has 0 radical (unpaired) electrons. The van der Waals surface area contributed by atoms with Crippen LogP contribution in [0.1, 0.15) is 46.1 Å². The number of benzene rings is 2. The SMILES string of the molecule is C=S(=O)(NC#N)c1ccc(CNC(=O)c2cn(C3CC3)c(C)c(-c3cccc(C(F)(F)F)c3)c2=O)cc1. The first-order valence-electron chi connectivity index (χ1n) is 11.3. The molecule has 4 rings (SSSR count). The van der Waals surface area contributed by atoms with Crippen LogP contribution in [0, 0.1) is 18.4 Å². The normalized spacial score (nSPS) is 14.9. The standard InChI is InChI=1S/C26H23F3N4O3S/c1-16-23(18-4-3-5-19(12-18)26(27,28)29)24(34)22(14-33(16)20-8-9-20)25(35)31-13-17-6-10-21(11-7-17)37(2,36)32-15-30/h3-7,10-12,14,20H,2,8-9,13H2,1H3,(H,31,35)(H,32,36). The van der Waals surface area contributed by atoms with Crippen molar-refractivity contribution < 1.29 is 22.2 Å². The Labute approximate surface area is 211 Å². The number of hydrogen-bond acceptors (Lipinski definition) is 4. The van der Waals surface area contributed by atoms with Gasteiger partial charge in [0.05, 0.1) is 20.2 Å². The Morgan fingerprint density at radius 3 is 2.49 bits per heavy atom. The van der Waals surface area contributed by atoms with Crippen molar-refractivity contribution in [2.24, 2.45) is 0 Å². The van der Waals surface area contributed by atoms with E-state index in [1.807, 2.05) is 0 Å². The van der Waals surface area contributed by atoms with Crippen LogP contribution in [0.25, 0.3) is 11.1 Å². The quantitative estimate of drug-likeness (QED) is 0.273. The zero-order valence-corrected chi connectivity index (χ0v) is 20.6. The average Bonchev–Trinajstić information content (AvgIpc) is 3.68. The van der Waals surface area contributed by atoms with Gasteiger partial charge in [0.25, 0.3) is 5.91 Å². The Kier molecular flexibility index (Phi) is 6.88. The second kappa shape index (κ2) is 9.78. The molecule has 1 atom stereocenters. The van der Waals surface area contributed by atoms with Gasteiger partial charge in [-0.1, -0.05) is 24.3 Å². The maximum Gasteiger partial charge on any atom is 0.416 e. The maximum atomic E-state index is 13.4. The molecule has 1 aliphatic rings. The average molecular weight is 529 g/mol. The van der Waals surface area contributed by atoms with Gasteiger partial charge in [-0.05, 0) is 61.0 Å². The van der Waals surface area contributed by atoms with Crippen molar-refractivity contribution in [3.8, 4) is 17.3 Å². The summed E-state index contributed by atoms with van der Waals surface area (Å²) in [7, 11) is -2.97. The Balaban J connectivity index is 1.65. The molecule has 0 aliphatic heterocycles. The summed E-state index contributed by atoms with van der Waals surface area (Å²) in [5, 5.41) is 11.4. The number of pyridine rings is 1. The molecule has 0 spiro atoms. The smallest absolute Gasteiger partial charge is 0.348 e. The summed E-state index contributed by atoms with van der Waals surface area (Å²) in [4.78, 5) is 26.8. The summed E-state index contributed by atoms with van der Waals surface area (Å²) >= 11 is 0. The van der Waals surface area contributed by atoms with E-state index in [-0.39, 0.29) is 29.3 Å². The third-order valence-corrected chi connectivity index (χ3v) is 7.57. The van der Waals surface area contributed by atoms with E-state index in [2.05, 4.69) is 15.9 Å². The van der Waals surface area contributed by atoms with Gasteiger partial charge in [-0.15, -0.1) is 0 Å². The van der Waals surface area contributed by atoms with Gasteiger partial charge in [0.15, 0.2) is 6.19 Å². The number of nitrogens with zero attached hydrogens (tertiary/aromatic N) is 2. The summed E-state index contributed by atoms with van der Waals surface area (Å²) in [6, 6.07) is 10.8. The number of alkyl halides is 3. The van der Waals surface area contributed by atoms with Gasteiger partial charge in [0.1, 0.15) is 5.56 Å². The van der Waals surface area contributed by atoms with E-state index < -0.39 is 32.8 Å². The van der Waals surface area contributed by atoms with E-state index in [1.54, 1.807) is 29.8 Å². The first-order valence-corrected chi connectivity index (χ1v) is 13.0. The first kappa shape index (κ1) is 26.0. The minimum atomic E-state index is -4.57. The number of halogens is 3. The molecule has 1 aromatic heterocycles. The molecular weight excluding hydrogens is 505 g/mol. The van der Waals surface area contributed by atoms with Gasteiger partial charge in [-0.3, -0.25) is 9.59 Å². The Hall–Kier alpha value is -4.04.